The molecule has 7 nitrogen and oxygen atoms in total. The minimum Gasteiger partial charge on any atom is -0.299 e. The molecule has 0 unspecified atom stereocenters. The molecule has 0 aliphatic heterocycles. The molecule has 2 aromatic heterocycles. The highest BCUT2D eigenvalue weighted by molar-refractivity contribution is 6.32. The average Bonchev–Trinajstić information content (AvgIpc) is 2.94. The van der Waals surface area contributed by atoms with Crippen molar-refractivity contribution >= 4 is 28.3 Å². The lowest BCUT2D eigenvalue weighted by atomic mass is 10.0. The Bertz CT molecular complexity index is 1460. The van der Waals surface area contributed by atoms with Gasteiger partial charge in [-0.25, -0.2) is 4.98 Å². The fraction of sp³-hybridized carbons (Fsp3) is 0.182. The van der Waals surface area contributed by atoms with Crippen molar-refractivity contribution in [2.45, 2.75) is 20.8 Å². The van der Waals surface area contributed by atoms with E-state index in [1.807, 2.05) is 13.0 Å². The molecular weight excluding hydrogens is 404 g/mol. The zero-order chi connectivity index (χ0) is 21.7. The summed E-state index contributed by atoms with van der Waals surface area (Å²) < 4.78 is 2.68. The van der Waals surface area contributed by atoms with Gasteiger partial charge in [0.2, 0.25) is 0 Å². The number of rotatable bonds is 3. The van der Waals surface area contributed by atoms with Gasteiger partial charge in [0, 0.05) is 18.3 Å². The van der Waals surface area contributed by atoms with Gasteiger partial charge in [-0.3, -0.25) is 28.7 Å². The number of fused-ring (bicyclic) bond motifs is 1. The van der Waals surface area contributed by atoms with Crippen LogP contribution in [-0.2, 0) is 7.05 Å². The van der Waals surface area contributed by atoms with E-state index in [1.165, 1.54) is 15.3 Å². The van der Waals surface area contributed by atoms with E-state index in [-0.39, 0.29) is 22.1 Å². The lowest BCUT2D eigenvalue weighted by molar-refractivity contribution is 0.103. The maximum absolute atomic E-state index is 13.3. The molecule has 1 N–H and O–H groups in total. The van der Waals surface area contributed by atoms with Crippen molar-refractivity contribution in [2.75, 3.05) is 0 Å². The monoisotopic (exact) mass is 422 g/mol. The molecule has 2 heterocycles. The molecule has 30 heavy (non-hydrogen) atoms. The summed E-state index contributed by atoms with van der Waals surface area (Å²) in [5.41, 5.74) is 1.97. The predicted molar refractivity (Wildman–Crippen MR) is 116 cm³/mol. The van der Waals surface area contributed by atoms with Crippen LogP contribution in [0.3, 0.4) is 0 Å². The molecule has 0 radical (unpaired) electrons. The molecule has 0 atom stereocenters. The predicted octanol–water partition coefficient (Wildman–Crippen LogP) is 3.22. The van der Waals surface area contributed by atoms with Crippen LogP contribution in [0.1, 0.15) is 33.0 Å². The first kappa shape index (κ1) is 19.8. The zero-order valence-electron chi connectivity index (χ0n) is 16.9. The number of nitrogens with zero attached hydrogens (tertiary/aromatic N) is 3. The van der Waals surface area contributed by atoms with Gasteiger partial charge in [-0.1, -0.05) is 17.7 Å². The standard InChI is InChI=1S/C22H19ClN4O3/c1-11-5-8-18(16(23)9-11)27-13(3)24-17-7-6-14(10-15(17)21(27)29)20(28)19-12(2)25-26(4)22(19)30/h5-10,25H,1-4H3. The van der Waals surface area contributed by atoms with Gasteiger partial charge in [-0.15, -0.1) is 0 Å². The summed E-state index contributed by atoms with van der Waals surface area (Å²) in [4.78, 5) is 43.1. The summed E-state index contributed by atoms with van der Waals surface area (Å²) in [5.74, 6) is 0.0313. The second kappa shape index (κ2) is 7.11. The van der Waals surface area contributed by atoms with Gasteiger partial charge < -0.3 is 0 Å². The molecule has 0 aliphatic rings. The number of ketones is 1. The number of benzene rings is 2. The molecule has 0 amide bonds. The molecular formula is C22H19ClN4O3. The third kappa shape index (κ3) is 3.07. The summed E-state index contributed by atoms with van der Waals surface area (Å²) in [7, 11) is 1.54. The van der Waals surface area contributed by atoms with Crippen molar-refractivity contribution in [3.8, 4) is 5.69 Å². The van der Waals surface area contributed by atoms with Crippen LogP contribution in [0.2, 0.25) is 5.02 Å². The Morgan fingerprint density at radius 1 is 1.03 bits per heavy atom. The molecule has 8 heteroatoms. The molecule has 0 aliphatic carbocycles. The smallest absolute Gasteiger partial charge is 0.277 e. The van der Waals surface area contributed by atoms with Gasteiger partial charge >= 0.3 is 0 Å². The van der Waals surface area contributed by atoms with Crippen molar-refractivity contribution in [1.29, 1.82) is 0 Å². The fourth-order valence-electron chi connectivity index (χ4n) is 3.61. The Morgan fingerprint density at radius 3 is 2.40 bits per heavy atom. The number of hydrogen-bond donors (Lipinski definition) is 1. The molecule has 0 spiro atoms. The van der Waals surface area contributed by atoms with Crippen LogP contribution >= 0.6 is 11.6 Å². The fourth-order valence-corrected chi connectivity index (χ4v) is 3.93. The van der Waals surface area contributed by atoms with Gasteiger partial charge in [-0.2, -0.15) is 0 Å². The van der Waals surface area contributed by atoms with Gasteiger partial charge in [0.15, 0.2) is 5.78 Å². The van der Waals surface area contributed by atoms with Crippen molar-refractivity contribution in [2.24, 2.45) is 7.05 Å². The molecule has 2 aromatic carbocycles. The van der Waals surface area contributed by atoms with Crippen LogP contribution in [0.15, 0.2) is 46.0 Å². The first-order chi connectivity index (χ1) is 14.2. The van der Waals surface area contributed by atoms with Gasteiger partial charge in [0.1, 0.15) is 11.4 Å². The number of carbonyl (C=O) groups excluding carboxylic acids is 1. The van der Waals surface area contributed by atoms with Crippen LogP contribution in [0.4, 0.5) is 0 Å². The van der Waals surface area contributed by atoms with Gasteiger partial charge in [0.05, 0.1) is 21.6 Å². The van der Waals surface area contributed by atoms with Gasteiger partial charge in [0.25, 0.3) is 11.1 Å². The Labute approximate surface area is 176 Å². The third-order valence-electron chi connectivity index (χ3n) is 5.10. The average molecular weight is 423 g/mol. The maximum atomic E-state index is 13.3. The normalized spacial score (nSPS) is 11.2. The van der Waals surface area contributed by atoms with E-state index < -0.39 is 11.3 Å². The van der Waals surface area contributed by atoms with E-state index in [4.69, 9.17) is 11.6 Å². The second-order valence-electron chi connectivity index (χ2n) is 7.29. The first-order valence-electron chi connectivity index (χ1n) is 9.29. The van der Waals surface area contributed by atoms with E-state index in [1.54, 1.807) is 45.2 Å². The van der Waals surface area contributed by atoms with Gasteiger partial charge in [-0.05, 0) is 56.7 Å². The van der Waals surface area contributed by atoms with Crippen LogP contribution < -0.4 is 11.1 Å². The molecule has 152 valence electrons. The highest BCUT2D eigenvalue weighted by Gasteiger charge is 2.21. The Hall–Kier alpha value is -3.45. The van der Waals surface area contributed by atoms with Crippen molar-refractivity contribution in [3.63, 3.8) is 0 Å². The maximum Gasteiger partial charge on any atom is 0.277 e. The summed E-state index contributed by atoms with van der Waals surface area (Å²) >= 11 is 6.38. The van der Waals surface area contributed by atoms with Crippen LogP contribution in [0, 0.1) is 20.8 Å². The number of aromatic nitrogens is 4. The summed E-state index contributed by atoms with van der Waals surface area (Å²) in [6.07, 6.45) is 0. The Balaban J connectivity index is 1.94. The van der Waals surface area contributed by atoms with E-state index >= 15 is 0 Å². The molecule has 4 aromatic rings. The Kier molecular flexibility index (Phi) is 4.70. The molecule has 4 rings (SSSR count). The van der Waals surface area contributed by atoms with Crippen molar-refractivity contribution in [3.05, 3.63) is 90.3 Å². The van der Waals surface area contributed by atoms with E-state index in [9.17, 15) is 14.4 Å². The molecule has 0 bridgehead atoms. The number of carbonyl (C=O) groups is 1. The number of halogens is 1. The Morgan fingerprint density at radius 2 is 1.77 bits per heavy atom. The zero-order valence-corrected chi connectivity index (χ0v) is 17.7. The highest BCUT2D eigenvalue weighted by atomic mass is 35.5. The molecule has 0 saturated heterocycles. The minimum atomic E-state index is -0.448. The minimum absolute atomic E-state index is 0.0545. The lowest BCUT2D eigenvalue weighted by Gasteiger charge is -2.13. The van der Waals surface area contributed by atoms with E-state index in [0.717, 1.165) is 5.56 Å². The number of H-pyrrole nitrogens is 1. The number of aromatic amines is 1. The van der Waals surface area contributed by atoms with Crippen molar-refractivity contribution < 1.29 is 4.79 Å². The highest BCUT2D eigenvalue weighted by Crippen LogP contribution is 2.23. The summed E-state index contributed by atoms with van der Waals surface area (Å²) in [6, 6.07) is 10.1. The van der Waals surface area contributed by atoms with Crippen LogP contribution in [-0.4, -0.2) is 25.1 Å². The molecule has 0 fully saturated rings. The molecule has 0 saturated carbocycles. The summed E-state index contributed by atoms with van der Waals surface area (Å²) in [6.45, 7) is 5.30. The topological polar surface area (TPSA) is 89.8 Å². The third-order valence-corrected chi connectivity index (χ3v) is 5.40. The lowest BCUT2D eigenvalue weighted by Crippen LogP contribution is -2.23. The van der Waals surface area contributed by atoms with Crippen LogP contribution in [0.5, 0.6) is 0 Å². The second-order valence-corrected chi connectivity index (χ2v) is 7.70. The van der Waals surface area contributed by atoms with Crippen molar-refractivity contribution in [1.82, 2.24) is 19.3 Å². The van der Waals surface area contributed by atoms with E-state index in [0.29, 0.717) is 27.7 Å². The number of hydrogen-bond acceptors (Lipinski definition) is 4. The largest absolute Gasteiger partial charge is 0.299 e. The number of nitrogens with one attached hydrogen (secondary N) is 1. The van der Waals surface area contributed by atoms with Crippen LogP contribution in [0.25, 0.3) is 16.6 Å². The first-order valence-corrected chi connectivity index (χ1v) is 9.67. The van der Waals surface area contributed by atoms with E-state index in [2.05, 4.69) is 10.1 Å². The number of aryl methyl sites for hydroxylation is 4. The SMILES string of the molecule is Cc1ccc(-n2c(C)nc3ccc(C(=O)c4c(C)[nH]n(C)c4=O)cc3c2=O)c(Cl)c1. The quantitative estimate of drug-likeness (QED) is 0.513. The summed E-state index contributed by atoms with van der Waals surface area (Å²) in [5, 5.41) is 3.52.